The zero-order valence-corrected chi connectivity index (χ0v) is 15.2. The highest BCUT2D eigenvalue weighted by atomic mass is 32.2. The Kier molecular flexibility index (Phi) is 5.04. The Balaban J connectivity index is 1.66. The van der Waals surface area contributed by atoms with E-state index in [1.807, 2.05) is 6.92 Å². The molecule has 0 aromatic carbocycles. The van der Waals surface area contributed by atoms with Crippen LogP contribution in [0.3, 0.4) is 0 Å². The quantitative estimate of drug-likeness (QED) is 0.603. The van der Waals surface area contributed by atoms with Gasteiger partial charge in [0, 0.05) is 25.6 Å². The van der Waals surface area contributed by atoms with Crippen LogP contribution >= 0.6 is 23.1 Å². The molecular weight excluding hydrogens is 350 g/mol. The number of urea groups is 1. The van der Waals surface area contributed by atoms with Gasteiger partial charge in [0.15, 0.2) is 4.34 Å². The number of anilines is 1. The van der Waals surface area contributed by atoms with Crippen molar-refractivity contribution >= 4 is 46.1 Å². The predicted molar refractivity (Wildman–Crippen MR) is 91.1 cm³/mol. The number of hydrogen-bond donors (Lipinski definition) is 1. The summed E-state index contributed by atoms with van der Waals surface area (Å²) in [5.41, 5.74) is 0. The summed E-state index contributed by atoms with van der Waals surface area (Å²) in [6.45, 7) is 4.45. The minimum atomic E-state index is -0.439. The molecule has 1 aromatic heterocycles. The molecule has 3 rings (SSSR count). The lowest BCUT2D eigenvalue weighted by atomic mass is 10.4. The van der Waals surface area contributed by atoms with Crippen LogP contribution in [0.1, 0.15) is 33.1 Å². The normalized spacial score (nSPS) is 18.4. The van der Waals surface area contributed by atoms with Crippen LogP contribution in [0.25, 0.3) is 0 Å². The van der Waals surface area contributed by atoms with Crippen molar-refractivity contribution in [3.05, 3.63) is 0 Å². The van der Waals surface area contributed by atoms with E-state index in [1.54, 1.807) is 11.8 Å². The van der Waals surface area contributed by atoms with Gasteiger partial charge in [-0.3, -0.25) is 19.4 Å². The van der Waals surface area contributed by atoms with Crippen LogP contribution < -0.4 is 10.2 Å². The maximum Gasteiger partial charge on any atom is 0.324 e. The van der Waals surface area contributed by atoms with E-state index < -0.39 is 5.25 Å². The first-order valence-electron chi connectivity index (χ1n) is 7.92. The Morgan fingerprint density at radius 2 is 2.21 bits per heavy atom. The molecule has 1 saturated heterocycles. The third kappa shape index (κ3) is 3.54. The molecule has 1 aliphatic heterocycles. The summed E-state index contributed by atoms with van der Waals surface area (Å²) in [7, 11) is 0. The molecule has 2 aliphatic rings. The second kappa shape index (κ2) is 7.06. The number of rotatable bonds is 6. The van der Waals surface area contributed by atoms with Gasteiger partial charge in [-0.25, -0.2) is 4.79 Å². The van der Waals surface area contributed by atoms with Gasteiger partial charge in [-0.05, 0) is 19.8 Å². The fourth-order valence-electron chi connectivity index (χ4n) is 2.42. The minimum absolute atomic E-state index is 0.0445. The van der Waals surface area contributed by atoms with Gasteiger partial charge >= 0.3 is 6.03 Å². The van der Waals surface area contributed by atoms with Crippen LogP contribution in [-0.4, -0.2) is 57.3 Å². The van der Waals surface area contributed by atoms with Gasteiger partial charge in [-0.1, -0.05) is 30.0 Å². The first-order valence-corrected chi connectivity index (χ1v) is 9.62. The standard InChI is InChI=1S/C14H19N5O3S2/c1-3-10(20)19(9-4-5-9)13-16-17-14(24-13)23-8(2)11(21)18-7-6-15-12(18)22/h8-9H,3-7H2,1-2H3,(H,15,22). The van der Waals surface area contributed by atoms with E-state index in [-0.39, 0.29) is 23.9 Å². The largest absolute Gasteiger partial charge is 0.336 e. The maximum absolute atomic E-state index is 12.3. The molecule has 0 bridgehead atoms. The van der Waals surface area contributed by atoms with Crippen molar-refractivity contribution in [1.29, 1.82) is 0 Å². The van der Waals surface area contributed by atoms with Crippen LogP contribution in [-0.2, 0) is 9.59 Å². The van der Waals surface area contributed by atoms with Crippen LogP contribution in [0.5, 0.6) is 0 Å². The lowest BCUT2D eigenvalue weighted by Gasteiger charge is -2.17. The Hall–Kier alpha value is -1.68. The smallest absolute Gasteiger partial charge is 0.324 e. The second-order valence-corrected chi connectivity index (χ2v) is 8.22. The first kappa shape index (κ1) is 17.2. The van der Waals surface area contributed by atoms with E-state index in [0.29, 0.717) is 29.0 Å². The number of carbonyl (C=O) groups excluding carboxylic acids is 3. The summed E-state index contributed by atoms with van der Waals surface area (Å²) < 4.78 is 0.625. The highest BCUT2D eigenvalue weighted by Crippen LogP contribution is 2.37. The van der Waals surface area contributed by atoms with Crippen molar-refractivity contribution in [3.63, 3.8) is 0 Å². The van der Waals surface area contributed by atoms with Gasteiger partial charge in [-0.2, -0.15) is 0 Å². The number of imide groups is 1. The number of amides is 4. The number of aromatic nitrogens is 2. The zero-order chi connectivity index (χ0) is 17.3. The monoisotopic (exact) mass is 369 g/mol. The number of carbonyl (C=O) groups is 3. The number of hydrogen-bond acceptors (Lipinski definition) is 7. The molecule has 10 heteroatoms. The van der Waals surface area contributed by atoms with Crippen molar-refractivity contribution in [2.24, 2.45) is 0 Å². The Labute approximate surface area is 148 Å². The molecule has 2 fully saturated rings. The third-order valence-electron chi connectivity index (χ3n) is 3.83. The average Bonchev–Trinajstić information content (AvgIpc) is 3.14. The first-order chi connectivity index (χ1) is 11.5. The van der Waals surface area contributed by atoms with Crippen LogP contribution in [0.4, 0.5) is 9.93 Å². The molecule has 130 valence electrons. The van der Waals surface area contributed by atoms with Crippen LogP contribution in [0.15, 0.2) is 4.34 Å². The van der Waals surface area contributed by atoms with E-state index in [9.17, 15) is 14.4 Å². The summed E-state index contributed by atoms with van der Waals surface area (Å²) in [5.74, 6) is -0.196. The van der Waals surface area contributed by atoms with E-state index >= 15 is 0 Å². The lowest BCUT2D eigenvalue weighted by molar-refractivity contribution is -0.126. The number of thioether (sulfide) groups is 1. The molecule has 1 atom stereocenters. The third-order valence-corrected chi connectivity index (χ3v) is 5.93. The van der Waals surface area contributed by atoms with Crippen molar-refractivity contribution in [2.75, 3.05) is 18.0 Å². The van der Waals surface area contributed by atoms with Gasteiger partial charge in [0.1, 0.15) is 0 Å². The van der Waals surface area contributed by atoms with E-state index in [4.69, 9.17) is 0 Å². The summed E-state index contributed by atoms with van der Waals surface area (Å²) in [5, 5.41) is 11.0. The molecular formula is C14H19N5O3S2. The van der Waals surface area contributed by atoms with Gasteiger partial charge in [0.2, 0.25) is 16.9 Å². The highest BCUT2D eigenvalue weighted by molar-refractivity contribution is 8.02. The van der Waals surface area contributed by atoms with Gasteiger partial charge in [-0.15, -0.1) is 10.2 Å². The molecule has 2 heterocycles. The van der Waals surface area contributed by atoms with E-state index in [1.165, 1.54) is 28.0 Å². The summed E-state index contributed by atoms with van der Waals surface area (Å²) >= 11 is 2.58. The molecule has 1 saturated carbocycles. The van der Waals surface area contributed by atoms with Crippen molar-refractivity contribution in [1.82, 2.24) is 20.4 Å². The molecule has 0 radical (unpaired) electrons. The molecule has 1 N–H and O–H groups in total. The fraction of sp³-hybridized carbons (Fsp3) is 0.643. The van der Waals surface area contributed by atoms with Crippen LogP contribution in [0.2, 0.25) is 0 Å². The van der Waals surface area contributed by atoms with Crippen LogP contribution in [0, 0.1) is 0 Å². The van der Waals surface area contributed by atoms with Gasteiger partial charge < -0.3 is 5.32 Å². The molecule has 8 nitrogen and oxygen atoms in total. The van der Waals surface area contributed by atoms with E-state index in [0.717, 1.165) is 12.8 Å². The van der Waals surface area contributed by atoms with Crippen molar-refractivity contribution in [3.8, 4) is 0 Å². The Morgan fingerprint density at radius 1 is 1.46 bits per heavy atom. The van der Waals surface area contributed by atoms with E-state index in [2.05, 4.69) is 15.5 Å². The lowest BCUT2D eigenvalue weighted by Crippen LogP contribution is -2.38. The molecule has 1 unspecified atom stereocenters. The average molecular weight is 369 g/mol. The SMILES string of the molecule is CCC(=O)N(c1nnc(SC(C)C(=O)N2CCNC2=O)s1)C1CC1. The summed E-state index contributed by atoms with van der Waals surface area (Å²) in [6, 6.07) is -0.116. The van der Waals surface area contributed by atoms with Gasteiger partial charge in [0.25, 0.3) is 0 Å². The molecule has 4 amide bonds. The molecule has 1 aromatic rings. The molecule has 1 aliphatic carbocycles. The number of nitrogens with one attached hydrogen (secondary N) is 1. The molecule has 24 heavy (non-hydrogen) atoms. The summed E-state index contributed by atoms with van der Waals surface area (Å²) in [6.07, 6.45) is 2.41. The Bertz CT molecular complexity index is 661. The molecule has 0 spiro atoms. The summed E-state index contributed by atoms with van der Waals surface area (Å²) in [4.78, 5) is 38.9. The van der Waals surface area contributed by atoms with Crippen molar-refractivity contribution in [2.45, 2.75) is 48.7 Å². The second-order valence-electron chi connectivity index (χ2n) is 5.68. The highest BCUT2D eigenvalue weighted by Gasteiger charge is 2.36. The maximum atomic E-state index is 12.3. The van der Waals surface area contributed by atoms with Crippen molar-refractivity contribution < 1.29 is 14.4 Å². The minimum Gasteiger partial charge on any atom is -0.336 e. The Morgan fingerprint density at radius 3 is 2.79 bits per heavy atom. The number of nitrogens with zero attached hydrogens (tertiary/aromatic N) is 4. The fourth-order valence-corrected chi connectivity index (χ4v) is 4.56. The van der Waals surface area contributed by atoms with Gasteiger partial charge in [0.05, 0.1) is 5.25 Å². The zero-order valence-electron chi connectivity index (χ0n) is 13.5. The predicted octanol–water partition coefficient (Wildman–Crippen LogP) is 1.48. The topological polar surface area (TPSA) is 95.5 Å².